The number of carbonyl (C=O) groups is 1. The molecule has 2 aromatic carbocycles. The van der Waals surface area contributed by atoms with E-state index < -0.39 is 5.97 Å². The van der Waals surface area contributed by atoms with Gasteiger partial charge in [0.25, 0.3) is 0 Å². The molecule has 5 rings (SSSR count). The average molecular weight is 461 g/mol. The third-order valence-electron chi connectivity index (χ3n) is 6.82. The Labute approximate surface area is 200 Å². The van der Waals surface area contributed by atoms with E-state index in [-0.39, 0.29) is 12.3 Å². The van der Waals surface area contributed by atoms with E-state index in [4.69, 9.17) is 19.2 Å². The number of hydrogen-bond donors (Lipinski definition) is 1. The van der Waals surface area contributed by atoms with Gasteiger partial charge in [-0.2, -0.15) is 0 Å². The second-order valence-corrected chi connectivity index (χ2v) is 9.54. The smallest absolute Gasteiger partial charge is 0.303 e. The van der Waals surface area contributed by atoms with E-state index in [9.17, 15) is 4.79 Å². The van der Waals surface area contributed by atoms with Gasteiger partial charge in [0.15, 0.2) is 5.89 Å². The van der Waals surface area contributed by atoms with Crippen LogP contribution in [0.5, 0.6) is 5.75 Å². The average Bonchev–Trinajstić information content (AvgIpc) is 3.61. The zero-order valence-corrected chi connectivity index (χ0v) is 19.7. The van der Waals surface area contributed by atoms with E-state index in [2.05, 4.69) is 29.2 Å². The van der Waals surface area contributed by atoms with Gasteiger partial charge in [0.2, 0.25) is 0 Å². The summed E-state index contributed by atoms with van der Waals surface area (Å²) in [6, 6.07) is 16.4. The Morgan fingerprint density at radius 3 is 2.74 bits per heavy atom. The molecule has 0 bridgehead atoms. The highest BCUT2D eigenvalue weighted by atomic mass is 16.5. The summed E-state index contributed by atoms with van der Waals surface area (Å²) < 4.78 is 12.0. The number of aromatic nitrogens is 1. The van der Waals surface area contributed by atoms with Crippen LogP contribution in [-0.4, -0.2) is 27.5 Å². The Morgan fingerprint density at radius 2 is 2.00 bits per heavy atom. The van der Waals surface area contributed by atoms with Crippen LogP contribution in [0, 0.1) is 0 Å². The van der Waals surface area contributed by atoms with Gasteiger partial charge >= 0.3 is 5.97 Å². The fourth-order valence-electron chi connectivity index (χ4n) is 4.70. The Kier molecular flexibility index (Phi) is 6.68. The maximum Gasteiger partial charge on any atom is 0.303 e. The molecular weight excluding hydrogens is 428 g/mol. The van der Waals surface area contributed by atoms with Gasteiger partial charge in [-0.1, -0.05) is 43.3 Å². The highest BCUT2D eigenvalue weighted by molar-refractivity contribution is 5.68. The van der Waals surface area contributed by atoms with Crippen molar-refractivity contribution in [2.24, 2.45) is 0 Å². The summed E-state index contributed by atoms with van der Waals surface area (Å²) in [7, 11) is 0. The van der Waals surface area contributed by atoms with Crippen molar-refractivity contribution in [2.75, 3.05) is 6.54 Å². The quantitative estimate of drug-likeness (QED) is 0.421. The van der Waals surface area contributed by atoms with Crippen molar-refractivity contribution in [3.63, 3.8) is 0 Å². The first kappa shape index (κ1) is 22.7. The van der Waals surface area contributed by atoms with Crippen molar-refractivity contribution in [3.05, 3.63) is 82.6 Å². The minimum Gasteiger partial charge on any atom is -0.489 e. The standard InChI is InChI=1S/C28H32N2O4/c1-2-21(15-27(31)32)22-8-10-24(11-9-22)33-18-20-5-3-4-19(14-20)16-30-13-12-26-25(17-30)29-28(34-26)23-6-7-23/h3-5,8-11,14,21,23H,2,6-7,12-13,15-18H2,1H3,(H,31,32)/t21-/m0/s1. The minimum absolute atomic E-state index is 0.0339. The Balaban J connectivity index is 1.16. The summed E-state index contributed by atoms with van der Waals surface area (Å²) in [5.41, 5.74) is 4.56. The van der Waals surface area contributed by atoms with Crippen molar-refractivity contribution >= 4 is 5.97 Å². The lowest BCUT2D eigenvalue weighted by atomic mass is 9.93. The van der Waals surface area contributed by atoms with Gasteiger partial charge in [-0.3, -0.25) is 9.69 Å². The van der Waals surface area contributed by atoms with E-state index in [1.807, 2.05) is 31.2 Å². The van der Waals surface area contributed by atoms with Gasteiger partial charge in [-0.05, 0) is 54.0 Å². The fraction of sp³-hybridized carbons (Fsp3) is 0.429. The number of nitrogens with zero attached hydrogens (tertiary/aromatic N) is 2. The van der Waals surface area contributed by atoms with Gasteiger partial charge in [0, 0.05) is 32.0 Å². The van der Waals surface area contributed by atoms with Crippen LogP contribution in [0.4, 0.5) is 0 Å². The molecule has 2 aliphatic rings. The van der Waals surface area contributed by atoms with E-state index >= 15 is 0 Å². The van der Waals surface area contributed by atoms with Crippen molar-refractivity contribution in [3.8, 4) is 5.75 Å². The number of benzene rings is 2. The van der Waals surface area contributed by atoms with Crippen LogP contribution in [0.1, 0.15) is 78.5 Å². The molecule has 0 unspecified atom stereocenters. The first-order chi connectivity index (χ1) is 16.6. The Hall–Kier alpha value is -3.12. The summed E-state index contributed by atoms with van der Waals surface area (Å²) in [4.78, 5) is 18.3. The molecule has 178 valence electrons. The normalized spacial score (nSPS) is 16.7. The molecular formula is C28H32N2O4. The lowest BCUT2D eigenvalue weighted by Gasteiger charge is -2.25. The summed E-state index contributed by atoms with van der Waals surface area (Å²) in [6.07, 6.45) is 4.31. The zero-order chi connectivity index (χ0) is 23.5. The highest BCUT2D eigenvalue weighted by Gasteiger charge is 2.31. The molecule has 2 heterocycles. The summed E-state index contributed by atoms with van der Waals surface area (Å²) >= 11 is 0. The number of aliphatic carboxylic acids is 1. The van der Waals surface area contributed by atoms with Gasteiger partial charge in [0.1, 0.15) is 18.1 Å². The van der Waals surface area contributed by atoms with Gasteiger partial charge in [0.05, 0.1) is 12.1 Å². The monoisotopic (exact) mass is 460 g/mol. The van der Waals surface area contributed by atoms with Gasteiger partial charge in [-0.25, -0.2) is 4.98 Å². The molecule has 1 aliphatic carbocycles. The molecule has 1 aromatic heterocycles. The first-order valence-corrected chi connectivity index (χ1v) is 12.3. The van der Waals surface area contributed by atoms with Crippen LogP contribution in [0.15, 0.2) is 52.9 Å². The molecule has 6 heteroatoms. The lowest BCUT2D eigenvalue weighted by Crippen LogP contribution is -2.29. The van der Waals surface area contributed by atoms with Crippen LogP contribution >= 0.6 is 0 Å². The predicted molar refractivity (Wildman–Crippen MR) is 129 cm³/mol. The van der Waals surface area contributed by atoms with E-state index in [1.165, 1.54) is 18.4 Å². The predicted octanol–water partition coefficient (Wildman–Crippen LogP) is 5.66. The highest BCUT2D eigenvalue weighted by Crippen LogP contribution is 2.40. The molecule has 1 aliphatic heterocycles. The first-order valence-electron chi connectivity index (χ1n) is 12.3. The van der Waals surface area contributed by atoms with Crippen molar-refractivity contribution < 1.29 is 19.1 Å². The number of oxazole rings is 1. The molecule has 3 aromatic rings. The van der Waals surface area contributed by atoms with Crippen LogP contribution in [0.2, 0.25) is 0 Å². The van der Waals surface area contributed by atoms with E-state index in [0.717, 1.165) is 66.7 Å². The van der Waals surface area contributed by atoms with Crippen LogP contribution in [0.25, 0.3) is 0 Å². The molecule has 1 saturated carbocycles. The van der Waals surface area contributed by atoms with Gasteiger partial charge < -0.3 is 14.3 Å². The van der Waals surface area contributed by atoms with Crippen molar-refractivity contribution in [1.82, 2.24) is 9.88 Å². The van der Waals surface area contributed by atoms with Crippen molar-refractivity contribution in [1.29, 1.82) is 0 Å². The van der Waals surface area contributed by atoms with E-state index in [0.29, 0.717) is 12.5 Å². The summed E-state index contributed by atoms with van der Waals surface area (Å²) in [5, 5.41) is 9.10. The third kappa shape index (κ3) is 5.50. The molecule has 0 saturated heterocycles. The number of hydrogen-bond acceptors (Lipinski definition) is 5. The molecule has 0 amide bonds. The number of rotatable bonds is 10. The van der Waals surface area contributed by atoms with Crippen LogP contribution in [0.3, 0.4) is 0 Å². The third-order valence-corrected chi connectivity index (χ3v) is 6.82. The summed E-state index contributed by atoms with van der Waals surface area (Å²) in [5.74, 6) is 2.66. The number of ether oxygens (including phenoxy) is 1. The Bertz CT molecular complexity index is 1130. The second kappa shape index (κ2) is 10.0. The van der Waals surface area contributed by atoms with Crippen LogP contribution in [-0.2, 0) is 30.9 Å². The minimum atomic E-state index is -0.763. The SMILES string of the molecule is CC[C@@H](CC(=O)O)c1ccc(OCc2cccc(CN3CCc4oc(C5CC5)nc4C3)c2)cc1. The molecule has 6 nitrogen and oxygen atoms in total. The largest absolute Gasteiger partial charge is 0.489 e. The van der Waals surface area contributed by atoms with Gasteiger partial charge in [-0.15, -0.1) is 0 Å². The second-order valence-electron chi connectivity index (χ2n) is 9.54. The van der Waals surface area contributed by atoms with E-state index in [1.54, 1.807) is 0 Å². The fourth-order valence-corrected chi connectivity index (χ4v) is 4.70. The van der Waals surface area contributed by atoms with Crippen LogP contribution < -0.4 is 4.74 Å². The number of carboxylic acids is 1. The molecule has 1 atom stereocenters. The summed E-state index contributed by atoms with van der Waals surface area (Å²) in [6.45, 7) is 5.23. The maximum absolute atomic E-state index is 11.1. The van der Waals surface area contributed by atoms with Crippen molar-refractivity contribution in [2.45, 2.75) is 70.6 Å². The number of carboxylic acid groups (broad SMARTS) is 1. The lowest BCUT2D eigenvalue weighted by molar-refractivity contribution is -0.137. The molecule has 1 N–H and O–H groups in total. The zero-order valence-electron chi connectivity index (χ0n) is 19.7. The Morgan fingerprint density at radius 1 is 1.21 bits per heavy atom. The topological polar surface area (TPSA) is 75.8 Å². The maximum atomic E-state index is 11.1. The molecule has 0 spiro atoms. The molecule has 0 radical (unpaired) electrons. The molecule has 34 heavy (non-hydrogen) atoms. The number of fused-ring (bicyclic) bond motifs is 1. The molecule has 1 fully saturated rings.